The van der Waals surface area contributed by atoms with Crippen molar-refractivity contribution in [1.29, 1.82) is 0 Å². The lowest BCUT2D eigenvalue weighted by Gasteiger charge is -2.27. The van der Waals surface area contributed by atoms with Crippen LogP contribution in [0.2, 0.25) is 5.02 Å². The van der Waals surface area contributed by atoms with Gasteiger partial charge >= 0.3 is 0 Å². The lowest BCUT2D eigenvalue weighted by atomic mass is 10.2. The standard InChI is InChI=1S/C12H13ClN2O/c13-11-3-1-10(2-4-11)7-15-6-5-14-12(8-15)9-16/h1-4,14H,5-8H2. The Labute approximate surface area is 99.7 Å². The fraction of sp³-hybridized carbons (Fsp3) is 0.333. The SMILES string of the molecule is O=C=C1CN(Cc2ccc(Cl)cc2)CCN1. The van der Waals surface area contributed by atoms with Gasteiger partial charge in [-0.1, -0.05) is 23.7 Å². The Morgan fingerprint density at radius 2 is 2.12 bits per heavy atom. The summed E-state index contributed by atoms with van der Waals surface area (Å²) in [6.45, 7) is 3.22. The summed E-state index contributed by atoms with van der Waals surface area (Å²) < 4.78 is 0. The van der Waals surface area contributed by atoms with Gasteiger partial charge in [0.25, 0.3) is 0 Å². The monoisotopic (exact) mass is 236 g/mol. The predicted molar refractivity (Wildman–Crippen MR) is 63.9 cm³/mol. The number of hydrogen-bond acceptors (Lipinski definition) is 3. The first-order chi connectivity index (χ1) is 7.78. The number of nitrogens with zero attached hydrogens (tertiary/aromatic N) is 1. The molecule has 1 heterocycles. The highest BCUT2D eigenvalue weighted by molar-refractivity contribution is 6.30. The van der Waals surface area contributed by atoms with Gasteiger partial charge in [0.1, 0.15) is 11.6 Å². The minimum Gasteiger partial charge on any atom is -0.377 e. The molecule has 1 saturated heterocycles. The molecule has 1 aliphatic rings. The molecule has 0 bridgehead atoms. The molecular formula is C12H13ClN2O. The van der Waals surface area contributed by atoms with Gasteiger partial charge in [0.2, 0.25) is 0 Å². The van der Waals surface area contributed by atoms with Gasteiger partial charge in [-0.3, -0.25) is 4.90 Å². The normalized spacial score (nSPS) is 16.7. The molecule has 2 rings (SSSR count). The first-order valence-corrected chi connectivity index (χ1v) is 5.60. The fourth-order valence-electron chi connectivity index (χ4n) is 1.77. The molecule has 0 spiro atoms. The van der Waals surface area contributed by atoms with Crippen molar-refractivity contribution in [3.63, 3.8) is 0 Å². The maximum Gasteiger partial charge on any atom is 0.146 e. The largest absolute Gasteiger partial charge is 0.377 e. The number of rotatable bonds is 2. The molecular weight excluding hydrogens is 224 g/mol. The van der Waals surface area contributed by atoms with E-state index in [0.29, 0.717) is 12.2 Å². The highest BCUT2D eigenvalue weighted by Gasteiger charge is 2.14. The lowest BCUT2D eigenvalue weighted by Crippen LogP contribution is -2.41. The molecule has 16 heavy (non-hydrogen) atoms. The zero-order valence-electron chi connectivity index (χ0n) is 8.87. The highest BCUT2D eigenvalue weighted by Crippen LogP contribution is 2.12. The Morgan fingerprint density at radius 1 is 1.38 bits per heavy atom. The van der Waals surface area contributed by atoms with Crippen LogP contribution in [0.3, 0.4) is 0 Å². The molecule has 0 aromatic heterocycles. The molecule has 1 aromatic rings. The molecule has 4 heteroatoms. The fourth-order valence-corrected chi connectivity index (χ4v) is 1.90. The van der Waals surface area contributed by atoms with Gasteiger partial charge < -0.3 is 5.32 Å². The number of benzene rings is 1. The van der Waals surface area contributed by atoms with E-state index in [0.717, 1.165) is 24.7 Å². The number of halogens is 1. The molecule has 0 amide bonds. The topological polar surface area (TPSA) is 32.3 Å². The summed E-state index contributed by atoms with van der Waals surface area (Å²) in [5.74, 6) is 1.92. The molecule has 84 valence electrons. The Bertz CT molecular complexity index is 410. The lowest BCUT2D eigenvalue weighted by molar-refractivity contribution is 0.260. The second kappa shape index (κ2) is 5.17. The number of hydrogen-bond donors (Lipinski definition) is 1. The van der Waals surface area contributed by atoms with Crippen LogP contribution in [0.5, 0.6) is 0 Å². The van der Waals surface area contributed by atoms with Gasteiger partial charge in [-0.25, -0.2) is 4.79 Å². The van der Waals surface area contributed by atoms with Gasteiger partial charge in [-0.15, -0.1) is 0 Å². The summed E-state index contributed by atoms with van der Waals surface area (Å²) in [6.07, 6.45) is 0. The Balaban J connectivity index is 1.99. The minimum absolute atomic E-state index is 0.639. The van der Waals surface area contributed by atoms with Crippen LogP contribution in [0, 0.1) is 0 Å². The summed E-state index contributed by atoms with van der Waals surface area (Å²) in [5.41, 5.74) is 1.84. The highest BCUT2D eigenvalue weighted by atomic mass is 35.5. The molecule has 3 nitrogen and oxygen atoms in total. The molecule has 0 radical (unpaired) electrons. The van der Waals surface area contributed by atoms with Crippen LogP contribution in [0.15, 0.2) is 30.0 Å². The molecule has 0 unspecified atom stereocenters. The van der Waals surface area contributed by atoms with Crippen molar-refractivity contribution in [3.05, 3.63) is 40.5 Å². The molecule has 1 N–H and O–H groups in total. The second-order valence-corrected chi connectivity index (χ2v) is 4.28. The van der Waals surface area contributed by atoms with Crippen molar-refractivity contribution in [3.8, 4) is 0 Å². The van der Waals surface area contributed by atoms with E-state index in [1.54, 1.807) is 0 Å². The van der Waals surface area contributed by atoms with Crippen LogP contribution >= 0.6 is 11.6 Å². The third-order valence-corrected chi connectivity index (χ3v) is 2.84. The maximum absolute atomic E-state index is 10.5. The maximum atomic E-state index is 10.5. The first-order valence-electron chi connectivity index (χ1n) is 5.22. The third kappa shape index (κ3) is 2.86. The Morgan fingerprint density at radius 3 is 2.81 bits per heavy atom. The van der Waals surface area contributed by atoms with E-state index < -0.39 is 0 Å². The Hall–Kier alpha value is -1.28. The molecule has 1 aromatic carbocycles. The van der Waals surface area contributed by atoms with Crippen molar-refractivity contribution >= 4 is 17.5 Å². The van der Waals surface area contributed by atoms with E-state index in [-0.39, 0.29) is 0 Å². The quantitative estimate of drug-likeness (QED) is 0.790. The van der Waals surface area contributed by atoms with Gasteiger partial charge in [-0.2, -0.15) is 0 Å². The molecule has 0 atom stereocenters. The van der Waals surface area contributed by atoms with Crippen LogP contribution < -0.4 is 5.32 Å². The summed E-state index contributed by atoms with van der Waals surface area (Å²) in [4.78, 5) is 12.7. The zero-order chi connectivity index (χ0) is 11.4. The molecule has 1 aliphatic heterocycles. The average molecular weight is 237 g/mol. The third-order valence-electron chi connectivity index (χ3n) is 2.59. The van der Waals surface area contributed by atoms with E-state index >= 15 is 0 Å². The summed E-state index contributed by atoms with van der Waals surface area (Å²) in [6, 6.07) is 7.79. The second-order valence-electron chi connectivity index (χ2n) is 3.84. The van der Waals surface area contributed by atoms with Crippen molar-refractivity contribution < 1.29 is 4.79 Å². The van der Waals surface area contributed by atoms with Gasteiger partial charge in [-0.05, 0) is 17.7 Å². The van der Waals surface area contributed by atoms with Crippen LogP contribution in [-0.2, 0) is 11.3 Å². The minimum atomic E-state index is 0.639. The molecule has 0 aliphatic carbocycles. The van der Waals surface area contributed by atoms with Crippen molar-refractivity contribution in [1.82, 2.24) is 10.2 Å². The van der Waals surface area contributed by atoms with E-state index in [2.05, 4.69) is 10.2 Å². The zero-order valence-corrected chi connectivity index (χ0v) is 9.63. The van der Waals surface area contributed by atoms with Crippen LogP contribution in [-0.4, -0.2) is 30.5 Å². The smallest absolute Gasteiger partial charge is 0.146 e. The average Bonchev–Trinajstić information content (AvgIpc) is 2.32. The van der Waals surface area contributed by atoms with Gasteiger partial charge in [0.05, 0.1) is 0 Å². The van der Waals surface area contributed by atoms with E-state index in [4.69, 9.17) is 11.6 Å². The van der Waals surface area contributed by atoms with Gasteiger partial charge in [0, 0.05) is 31.2 Å². The molecule has 0 saturated carbocycles. The number of piperazine rings is 1. The first kappa shape index (κ1) is 11.2. The summed E-state index contributed by atoms with van der Waals surface area (Å²) in [5, 5.41) is 3.77. The van der Waals surface area contributed by atoms with Crippen molar-refractivity contribution in [2.45, 2.75) is 6.54 Å². The number of carbonyl (C=O) groups excluding carboxylic acids is 1. The summed E-state index contributed by atoms with van der Waals surface area (Å²) in [7, 11) is 0. The van der Waals surface area contributed by atoms with Crippen molar-refractivity contribution in [2.24, 2.45) is 0 Å². The Kier molecular flexibility index (Phi) is 3.62. The molecule has 1 fully saturated rings. The van der Waals surface area contributed by atoms with E-state index in [1.165, 1.54) is 5.56 Å². The van der Waals surface area contributed by atoms with Crippen LogP contribution in [0.25, 0.3) is 0 Å². The number of nitrogens with one attached hydrogen (secondary N) is 1. The van der Waals surface area contributed by atoms with Crippen LogP contribution in [0.1, 0.15) is 5.56 Å². The summed E-state index contributed by atoms with van der Waals surface area (Å²) >= 11 is 5.82. The van der Waals surface area contributed by atoms with Gasteiger partial charge in [0.15, 0.2) is 0 Å². The predicted octanol–water partition coefficient (Wildman–Crippen LogP) is 1.46. The van der Waals surface area contributed by atoms with E-state index in [9.17, 15) is 4.79 Å². The van der Waals surface area contributed by atoms with E-state index in [1.807, 2.05) is 30.2 Å². The van der Waals surface area contributed by atoms with Crippen molar-refractivity contribution in [2.75, 3.05) is 19.6 Å². The van der Waals surface area contributed by atoms with Crippen LogP contribution in [0.4, 0.5) is 0 Å².